The molecule has 1 aliphatic carbocycles. The molecule has 1 aromatic carbocycles. The van der Waals surface area contributed by atoms with Gasteiger partial charge in [-0.15, -0.1) is 0 Å². The maximum Gasteiger partial charge on any atom is 0.339 e. The predicted molar refractivity (Wildman–Crippen MR) is 121 cm³/mol. The van der Waals surface area contributed by atoms with Crippen LogP contribution in [0.15, 0.2) is 36.7 Å². The third-order valence-corrected chi connectivity index (χ3v) is 7.21. The van der Waals surface area contributed by atoms with Gasteiger partial charge < -0.3 is 19.3 Å². The van der Waals surface area contributed by atoms with E-state index in [4.69, 9.17) is 9.47 Å². The van der Waals surface area contributed by atoms with E-state index in [0.29, 0.717) is 24.2 Å². The summed E-state index contributed by atoms with van der Waals surface area (Å²) in [6.45, 7) is 4.00. The van der Waals surface area contributed by atoms with Gasteiger partial charge in [-0.2, -0.15) is 0 Å². The van der Waals surface area contributed by atoms with Gasteiger partial charge in [-0.05, 0) is 69.8 Å². The van der Waals surface area contributed by atoms with E-state index in [1.165, 1.54) is 12.8 Å². The molecule has 1 saturated carbocycles. The van der Waals surface area contributed by atoms with Crippen molar-refractivity contribution < 1.29 is 19.1 Å². The first-order valence-electron chi connectivity index (χ1n) is 11.8. The number of aromatic nitrogens is 2. The van der Waals surface area contributed by atoms with Crippen molar-refractivity contribution in [3.63, 3.8) is 0 Å². The minimum absolute atomic E-state index is 0.0141. The highest BCUT2D eigenvalue weighted by Gasteiger charge is 2.48. The van der Waals surface area contributed by atoms with Gasteiger partial charge in [0.05, 0.1) is 5.56 Å². The molecule has 1 aromatic heterocycles. The van der Waals surface area contributed by atoms with Gasteiger partial charge in [-0.1, -0.05) is 6.07 Å². The topological polar surface area (TPSA) is 84.9 Å². The molecule has 2 aliphatic heterocycles. The van der Waals surface area contributed by atoms with Crippen molar-refractivity contribution in [1.82, 2.24) is 19.8 Å². The zero-order chi connectivity index (χ0) is 22.8. The number of ether oxygens (including phenoxy) is 2. The van der Waals surface area contributed by atoms with E-state index in [0.717, 1.165) is 44.6 Å². The first-order valence-corrected chi connectivity index (χ1v) is 11.8. The molecule has 0 unspecified atom stereocenters. The Bertz CT molecular complexity index is 1010. The van der Waals surface area contributed by atoms with Crippen LogP contribution in [-0.4, -0.2) is 64.9 Å². The van der Waals surface area contributed by atoms with E-state index >= 15 is 0 Å². The zero-order valence-electron chi connectivity index (χ0n) is 19.0. The summed E-state index contributed by atoms with van der Waals surface area (Å²) < 4.78 is 11.6. The van der Waals surface area contributed by atoms with Gasteiger partial charge in [0.25, 0.3) is 0 Å². The molecule has 1 amide bonds. The largest absolute Gasteiger partial charge is 0.451 e. The number of carbonyl (C=O) groups is 2. The van der Waals surface area contributed by atoms with Crippen molar-refractivity contribution in [2.45, 2.75) is 44.1 Å². The summed E-state index contributed by atoms with van der Waals surface area (Å²) in [5.41, 5.74) is 0.775. The Balaban J connectivity index is 1.22. The molecule has 0 atom stereocenters. The minimum atomic E-state index is -0.640. The Labute approximate surface area is 193 Å². The Kier molecular flexibility index (Phi) is 6.01. The van der Waals surface area contributed by atoms with Crippen molar-refractivity contribution >= 4 is 11.9 Å². The molecule has 3 aliphatic rings. The highest BCUT2D eigenvalue weighted by Crippen LogP contribution is 2.49. The quantitative estimate of drug-likeness (QED) is 0.624. The van der Waals surface area contributed by atoms with Crippen molar-refractivity contribution in [3.05, 3.63) is 47.8 Å². The van der Waals surface area contributed by atoms with Crippen LogP contribution in [0.25, 0.3) is 0 Å². The molecular formula is C25H30N4O4. The molecule has 8 nitrogen and oxygen atoms in total. The van der Waals surface area contributed by atoms with Gasteiger partial charge in [0.15, 0.2) is 0 Å². The van der Waals surface area contributed by atoms with E-state index in [2.05, 4.69) is 14.9 Å². The summed E-state index contributed by atoms with van der Waals surface area (Å²) in [5.74, 6) is 0.356. The molecule has 1 spiro atoms. The lowest BCUT2D eigenvalue weighted by atomic mass is 9.74. The van der Waals surface area contributed by atoms with E-state index in [-0.39, 0.29) is 23.8 Å². The highest BCUT2D eigenvalue weighted by molar-refractivity contribution is 5.95. The first-order chi connectivity index (χ1) is 16.0. The van der Waals surface area contributed by atoms with E-state index < -0.39 is 5.60 Å². The van der Waals surface area contributed by atoms with E-state index in [1.807, 2.05) is 24.1 Å². The number of amides is 1. The highest BCUT2D eigenvalue weighted by atomic mass is 16.6. The number of carbonyl (C=O) groups excluding carboxylic acids is 2. The number of hydrogen-bond donors (Lipinski definition) is 0. The summed E-state index contributed by atoms with van der Waals surface area (Å²) in [4.78, 5) is 38.1. The standard InChI is InChI=1S/C25H30N4O4/c1-28(15-16-29-13-2-3-14-29)22(30)18-7-9-25(10-8-18)21-6-5-19(17-20(21)23(31)33-25)32-24-26-11-4-12-27-24/h4-6,11-12,17-18H,2-3,7-10,13-16H2,1H3/t18-,25-. The number of likely N-dealkylation sites (N-methyl/N-ethyl adjacent to an activating group) is 1. The van der Waals surface area contributed by atoms with E-state index in [1.54, 1.807) is 24.5 Å². The fourth-order valence-electron chi connectivity index (χ4n) is 5.31. The van der Waals surface area contributed by atoms with E-state index in [9.17, 15) is 9.59 Å². The molecular weight excluding hydrogens is 420 g/mol. The Morgan fingerprint density at radius 2 is 1.94 bits per heavy atom. The second-order valence-electron chi connectivity index (χ2n) is 9.31. The maximum atomic E-state index is 13.0. The van der Waals surface area contributed by atoms with Gasteiger partial charge in [0.2, 0.25) is 5.91 Å². The fraction of sp³-hybridized carbons (Fsp3) is 0.520. The number of fused-ring (bicyclic) bond motifs is 2. The summed E-state index contributed by atoms with van der Waals surface area (Å²) in [7, 11) is 1.91. The van der Waals surface area contributed by atoms with Crippen LogP contribution in [-0.2, 0) is 15.1 Å². The fourth-order valence-corrected chi connectivity index (χ4v) is 5.31. The minimum Gasteiger partial charge on any atom is -0.451 e. The molecule has 174 valence electrons. The lowest BCUT2D eigenvalue weighted by molar-refractivity contribution is -0.137. The molecule has 8 heteroatoms. The van der Waals surface area contributed by atoms with Crippen molar-refractivity contribution in [2.24, 2.45) is 5.92 Å². The van der Waals surface area contributed by atoms with Crippen LogP contribution in [0.1, 0.15) is 54.4 Å². The molecule has 1 saturated heterocycles. The second kappa shape index (κ2) is 9.09. The first kappa shape index (κ1) is 21.8. The Morgan fingerprint density at radius 3 is 2.67 bits per heavy atom. The molecule has 2 aromatic rings. The number of nitrogens with zero attached hydrogens (tertiary/aromatic N) is 4. The Morgan fingerprint density at radius 1 is 1.21 bits per heavy atom. The smallest absolute Gasteiger partial charge is 0.339 e. The lowest BCUT2D eigenvalue weighted by Crippen LogP contribution is -2.41. The lowest BCUT2D eigenvalue weighted by Gasteiger charge is -2.37. The third-order valence-electron chi connectivity index (χ3n) is 7.21. The van der Waals surface area contributed by atoms with Crippen molar-refractivity contribution in [3.8, 4) is 11.8 Å². The molecule has 33 heavy (non-hydrogen) atoms. The van der Waals surface area contributed by atoms with Gasteiger partial charge in [0, 0.05) is 44.0 Å². The average Bonchev–Trinajstić information content (AvgIpc) is 3.45. The van der Waals surface area contributed by atoms with Crippen LogP contribution < -0.4 is 4.74 Å². The van der Waals surface area contributed by atoms with Crippen LogP contribution in [0.5, 0.6) is 11.8 Å². The molecule has 2 fully saturated rings. The summed E-state index contributed by atoms with van der Waals surface area (Å²) >= 11 is 0. The summed E-state index contributed by atoms with van der Waals surface area (Å²) in [6.07, 6.45) is 8.47. The molecule has 0 radical (unpaired) electrons. The number of hydrogen-bond acceptors (Lipinski definition) is 7. The normalized spacial score (nSPS) is 24.5. The van der Waals surface area contributed by atoms with Gasteiger partial charge in [-0.25, -0.2) is 14.8 Å². The average molecular weight is 451 g/mol. The molecule has 0 N–H and O–H groups in total. The third kappa shape index (κ3) is 4.44. The monoisotopic (exact) mass is 450 g/mol. The summed E-state index contributed by atoms with van der Waals surface area (Å²) in [5, 5.41) is 0. The van der Waals surface area contributed by atoms with Gasteiger partial charge >= 0.3 is 12.0 Å². The molecule has 3 heterocycles. The van der Waals surface area contributed by atoms with Crippen LogP contribution in [0, 0.1) is 5.92 Å². The predicted octanol–water partition coefficient (Wildman–Crippen LogP) is 3.38. The van der Waals surface area contributed by atoms with Crippen LogP contribution >= 0.6 is 0 Å². The van der Waals surface area contributed by atoms with Crippen LogP contribution in [0.2, 0.25) is 0 Å². The second-order valence-corrected chi connectivity index (χ2v) is 9.31. The number of esters is 1. The molecule has 5 rings (SSSR count). The summed E-state index contributed by atoms with van der Waals surface area (Å²) in [6, 6.07) is 7.37. The number of likely N-dealkylation sites (tertiary alicyclic amines) is 1. The van der Waals surface area contributed by atoms with Crippen LogP contribution in [0.3, 0.4) is 0 Å². The SMILES string of the molecule is CN(CCN1CCCC1)C(=O)[C@H]1CC[C@@]2(CC1)OC(=O)c1cc(Oc3ncccn3)ccc12. The number of rotatable bonds is 6. The van der Waals surface area contributed by atoms with Gasteiger partial charge in [-0.3, -0.25) is 4.79 Å². The Hall–Kier alpha value is -3.00. The van der Waals surface area contributed by atoms with Gasteiger partial charge in [0.1, 0.15) is 11.4 Å². The molecule has 0 bridgehead atoms. The van der Waals surface area contributed by atoms with Crippen LogP contribution in [0.4, 0.5) is 0 Å². The maximum absolute atomic E-state index is 13.0. The van der Waals surface area contributed by atoms with Crippen molar-refractivity contribution in [1.29, 1.82) is 0 Å². The number of benzene rings is 1. The zero-order valence-corrected chi connectivity index (χ0v) is 19.0. The van der Waals surface area contributed by atoms with Crippen molar-refractivity contribution in [2.75, 3.05) is 33.2 Å².